The van der Waals surface area contributed by atoms with E-state index in [9.17, 15) is 4.79 Å². The van der Waals surface area contributed by atoms with Gasteiger partial charge in [0, 0.05) is 24.1 Å². The number of ether oxygens (including phenoxy) is 1. The van der Waals surface area contributed by atoms with Gasteiger partial charge in [0.15, 0.2) is 0 Å². The fourth-order valence-corrected chi connectivity index (χ4v) is 3.69. The first-order valence-electron chi connectivity index (χ1n) is 9.83. The molecule has 0 spiro atoms. The van der Waals surface area contributed by atoms with Gasteiger partial charge in [0.1, 0.15) is 5.75 Å². The number of piperidine rings is 1. The SMILES string of the molecule is COc1ccccc1-c1ccc(CN(C(=O)C2CCNCC2)C(C)C)cc1. The zero-order valence-corrected chi connectivity index (χ0v) is 16.6. The molecule has 1 fully saturated rings. The maximum atomic E-state index is 13.0. The van der Waals surface area contributed by atoms with Crippen LogP contribution in [0, 0.1) is 5.92 Å². The molecule has 2 aromatic carbocycles. The van der Waals surface area contributed by atoms with Crippen LogP contribution < -0.4 is 10.1 Å². The monoisotopic (exact) mass is 366 g/mol. The van der Waals surface area contributed by atoms with E-state index in [1.165, 1.54) is 0 Å². The summed E-state index contributed by atoms with van der Waals surface area (Å²) in [5, 5.41) is 3.34. The number of nitrogens with zero attached hydrogens (tertiary/aromatic N) is 1. The molecule has 0 unspecified atom stereocenters. The lowest BCUT2D eigenvalue weighted by molar-refractivity contribution is -0.138. The Morgan fingerprint density at radius 3 is 2.41 bits per heavy atom. The summed E-state index contributed by atoms with van der Waals surface area (Å²) in [6.45, 7) is 6.74. The van der Waals surface area contributed by atoms with Gasteiger partial charge in [-0.25, -0.2) is 0 Å². The highest BCUT2D eigenvalue weighted by atomic mass is 16.5. The summed E-state index contributed by atoms with van der Waals surface area (Å²) in [7, 11) is 1.69. The predicted octanol–water partition coefficient (Wildman–Crippen LogP) is 4.10. The summed E-state index contributed by atoms with van der Waals surface area (Å²) in [5.41, 5.74) is 3.36. The highest BCUT2D eigenvalue weighted by Gasteiger charge is 2.27. The Kier molecular flexibility index (Phi) is 6.51. The molecule has 4 nitrogen and oxygen atoms in total. The van der Waals surface area contributed by atoms with Crippen molar-refractivity contribution < 1.29 is 9.53 Å². The number of para-hydroxylation sites is 1. The number of hydrogen-bond acceptors (Lipinski definition) is 3. The van der Waals surface area contributed by atoms with Crippen molar-refractivity contribution in [2.45, 2.75) is 39.3 Å². The Labute approximate surface area is 162 Å². The molecule has 0 bridgehead atoms. The smallest absolute Gasteiger partial charge is 0.226 e. The van der Waals surface area contributed by atoms with Gasteiger partial charge in [-0.15, -0.1) is 0 Å². The fourth-order valence-electron chi connectivity index (χ4n) is 3.69. The zero-order chi connectivity index (χ0) is 19.2. The van der Waals surface area contributed by atoms with E-state index in [1.54, 1.807) is 7.11 Å². The highest BCUT2D eigenvalue weighted by molar-refractivity contribution is 5.79. The number of carbonyl (C=O) groups excluding carboxylic acids is 1. The van der Waals surface area contributed by atoms with Crippen molar-refractivity contribution in [3.05, 3.63) is 54.1 Å². The van der Waals surface area contributed by atoms with Gasteiger partial charge in [0.05, 0.1) is 7.11 Å². The molecule has 1 saturated heterocycles. The number of amides is 1. The Morgan fingerprint density at radius 2 is 1.78 bits per heavy atom. The average Bonchev–Trinajstić information content (AvgIpc) is 2.72. The van der Waals surface area contributed by atoms with Gasteiger partial charge in [-0.1, -0.05) is 42.5 Å². The molecule has 27 heavy (non-hydrogen) atoms. The van der Waals surface area contributed by atoms with Gasteiger partial charge < -0.3 is 15.0 Å². The number of methoxy groups -OCH3 is 1. The van der Waals surface area contributed by atoms with Crippen molar-refractivity contribution in [3.63, 3.8) is 0 Å². The molecular formula is C23H30N2O2. The normalized spacial score (nSPS) is 15.0. The minimum absolute atomic E-state index is 0.154. The molecule has 1 N–H and O–H groups in total. The molecule has 1 aliphatic heterocycles. The van der Waals surface area contributed by atoms with Crippen LogP contribution in [0.4, 0.5) is 0 Å². The van der Waals surface area contributed by atoms with E-state index in [1.807, 2.05) is 23.1 Å². The third kappa shape index (κ3) is 4.69. The molecular weight excluding hydrogens is 336 g/mol. The number of rotatable bonds is 6. The highest BCUT2D eigenvalue weighted by Crippen LogP contribution is 2.30. The molecule has 0 atom stereocenters. The molecule has 0 saturated carbocycles. The molecule has 0 radical (unpaired) electrons. The van der Waals surface area contributed by atoms with Crippen LogP contribution in [0.2, 0.25) is 0 Å². The number of hydrogen-bond donors (Lipinski definition) is 1. The molecule has 0 aromatic heterocycles. The average molecular weight is 367 g/mol. The summed E-state index contributed by atoms with van der Waals surface area (Å²) >= 11 is 0. The molecule has 4 heteroatoms. The van der Waals surface area contributed by atoms with Crippen LogP contribution in [0.1, 0.15) is 32.3 Å². The molecule has 1 amide bonds. The second-order valence-electron chi connectivity index (χ2n) is 7.48. The van der Waals surface area contributed by atoms with E-state index in [2.05, 4.69) is 49.5 Å². The third-order valence-corrected chi connectivity index (χ3v) is 5.32. The fraction of sp³-hybridized carbons (Fsp3) is 0.435. The van der Waals surface area contributed by atoms with Crippen molar-refractivity contribution in [2.24, 2.45) is 5.92 Å². The first kappa shape index (κ1) is 19.4. The van der Waals surface area contributed by atoms with Crippen LogP contribution in [-0.2, 0) is 11.3 Å². The maximum Gasteiger partial charge on any atom is 0.226 e. The van der Waals surface area contributed by atoms with Crippen molar-refractivity contribution in [1.29, 1.82) is 0 Å². The van der Waals surface area contributed by atoms with E-state index in [0.29, 0.717) is 12.5 Å². The third-order valence-electron chi connectivity index (χ3n) is 5.32. The predicted molar refractivity (Wildman–Crippen MR) is 110 cm³/mol. The van der Waals surface area contributed by atoms with Crippen LogP contribution in [0.5, 0.6) is 5.75 Å². The van der Waals surface area contributed by atoms with Gasteiger partial charge >= 0.3 is 0 Å². The topological polar surface area (TPSA) is 41.6 Å². The molecule has 1 aliphatic rings. The second kappa shape index (κ2) is 9.05. The first-order valence-corrected chi connectivity index (χ1v) is 9.83. The number of nitrogens with one attached hydrogen (secondary N) is 1. The lowest BCUT2D eigenvalue weighted by atomic mass is 9.95. The largest absolute Gasteiger partial charge is 0.496 e. The lowest BCUT2D eigenvalue weighted by Gasteiger charge is -2.32. The van der Waals surface area contributed by atoms with E-state index in [-0.39, 0.29) is 12.0 Å². The summed E-state index contributed by atoms with van der Waals surface area (Å²) in [4.78, 5) is 15.0. The van der Waals surface area contributed by atoms with E-state index in [0.717, 1.165) is 48.4 Å². The van der Waals surface area contributed by atoms with Crippen molar-refractivity contribution in [2.75, 3.05) is 20.2 Å². The molecule has 3 rings (SSSR count). The van der Waals surface area contributed by atoms with Crippen molar-refractivity contribution >= 4 is 5.91 Å². The zero-order valence-electron chi connectivity index (χ0n) is 16.6. The van der Waals surface area contributed by atoms with Crippen molar-refractivity contribution in [3.8, 4) is 16.9 Å². The maximum absolute atomic E-state index is 13.0. The van der Waals surface area contributed by atoms with Crippen LogP contribution in [0.3, 0.4) is 0 Å². The molecule has 0 aliphatic carbocycles. The van der Waals surface area contributed by atoms with Crippen molar-refractivity contribution in [1.82, 2.24) is 10.2 Å². The first-order chi connectivity index (χ1) is 13.1. The van der Waals surface area contributed by atoms with Crippen LogP contribution in [0.15, 0.2) is 48.5 Å². The van der Waals surface area contributed by atoms with Gasteiger partial charge in [-0.05, 0) is 57.0 Å². The molecule has 144 valence electrons. The Morgan fingerprint density at radius 1 is 1.11 bits per heavy atom. The van der Waals surface area contributed by atoms with E-state index < -0.39 is 0 Å². The Bertz CT molecular complexity index is 749. The summed E-state index contributed by atoms with van der Waals surface area (Å²) in [6, 6.07) is 16.7. The number of carbonyl (C=O) groups is 1. The van der Waals surface area contributed by atoms with Gasteiger partial charge in [0.2, 0.25) is 5.91 Å². The molecule has 2 aromatic rings. The minimum atomic E-state index is 0.154. The van der Waals surface area contributed by atoms with E-state index >= 15 is 0 Å². The summed E-state index contributed by atoms with van der Waals surface area (Å²) < 4.78 is 5.47. The van der Waals surface area contributed by atoms with Crippen LogP contribution in [0.25, 0.3) is 11.1 Å². The Hall–Kier alpha value is -2.33. The molecule has 1 heterocycles. The summed E-state index contributed by atoms with van der Waals surface area (Å²) in [6.07, 6.45) is 1.88. The summed E-state index contributed by atoms with van der Waals surface area (Å²) in [5.74, 6) is 1.32. The quantitative estimate of drug-likeness (QED) is 0.837. The lowest BCUT2D eigenvalue weighted by Crippen LogP contribution is -2.43. The Balaban J connectivity index is 1.74. The standard InChI is InChI=1S/C23H30N2O2/c1-17(2)25(23(26)20-12-14-24-15-13-20)16-18-8-10-19(11-9-18)21-6-4-5-7-22(21)27-3/h4-11,17,20,24H,12-16H2,1-3H3. The second-order valence-corrected chi connectivity index (χ2v) is 7.48. The van der Waals surface area contributed by atoms with Gasteiger partial charge in [0.25, 0.3) is 0 Å². The number of benzene rings is 2. The minimum Gasteiger partial charge on any atom is -0.496 e. The van der Waals surface area contributed by atoms with Crippen LogP contribution in [-0.4, -0.2) is 37.0 Å². The van der Waals surface area contributed by atoms with Crippen LogP contribution >= 0.6 is 0 Å². The van der Waals surface area contributed by atoms with Gasteiger partial charge in [-0.3, -0.25) is 4.79 Å². The van der Waals surface area contributed by atoms with Gasteiger partial charge in [-0.2, -0.15) is 0 Å². The van der Waals surface area contributed by atoms with E-state index in [4.69, 9.17) is 4.74 Å².